The minimum atomic E-state index is -0.753. The fourth-order valence-electron chi connectivity index (χ4n) is 1.89. The molecule has 0 aliphatic carbocycles. The molecule has 0 amide bonds. The SMILES string of the molecule is CCCn1nnnc1COC(=O)c1cc([N+](=O)[O-])ccc1OC. The molecule has 0 aliphatic rings. The number of benzene rings is 1. The fraction of sp³-hybridized carbons (Fsp3) is 0.385. The average Bonchev–Trinajstić information content (AvgIpc) is 2.99. The van der Waals surface area contributed by atoms with Gasteiger partial charge in [0.15, 0.2) is 12.4 Å². The van der Waals surface area contributed by atoms with Gasteiger partial charge in [-0.1, -0.05) is 6.92 Å². The molecular formula is C13H15N5O5. The Morgan fingerprint density at radius 3 is 2.87 bits per heavy atom. The third-order valence-corrected chi connectivity index (χ3v) is 2.99. The van der Waals surface area contributed by atoms with Crippen molar-refractivity contribution >= 4 is 11.7 Å². The summed E-state index contributed by atoms with van der Waals surface area (Å²) in [6, 6.07) is 3.70. The standard InChI is InChI=1S/C13H15N5O5/c1-3-6-17-12(14-15-16-17)8-23-13(19)10-7-9(18(20)21)4-5-11(10)22-2/h4-5,7H,3,6,8H2,1-2H3. The highest BCUT2D eigenvalue weighted by Gasteiger charge is 2.19. The Balaban J connectivity index is 2.15. The zero-order chi connectivity index (χ0) is 16.8. The predicted octanol–water partition coefficient (Wildman–Crippen LogP) is 1.36. The first-order valence-electron chi connectivity index (χ1n) is 6.81. The second kappa shape index (κ2) is 7.29. The van der Waals surface area contributed by atoms with Crippen molar-refractivity contribution in [1.82, 2.24) is 20.2 Å². The van der Waals surface area contributed by atoms with Gasteiger partial charge in [-0.2, -0.15) is 0 Å². The van der Waals surface area contributed by atoms with Crippen molar-refractivity contribution in [1.29, 1.82) is 0 Å². The molecule has 0 unspecified atom stereocenters. The van der Waals surface area contributed by atoms with Crippen molar-refractivity contribution in [2.24, 2.45) is 0 Å². The van der Waals surface area contributed by atoms with Gasteiger partial charge >= 0.3 is 5.97 Å². The molecule has 1 heterocycles. The van der Waals surface area contributed by atoms with Crippen LogP contribution < -0.4 is 4.74 Å². The third-order valence-electron chi connectivity index (χ3n) is 2.99. The molecule has 0 atom stereocenters. The lowest BCUT2D eigenvalue weighted by Crippen LogP contribution is -2.12. The Hall–Kier alpha value is -3.04. The maximum atomic E-state index is 12.2. The zero-order valence-electron chi connectivity index (χ0n) is 12.6. The number of carbonyl (C=O) groups is 1. The summed E-state index contributed by atoms with van der Waals surface area (Å²) in [5, 5.41) is 21.9. The largest absolute Gasteiger partial charge is 0.496 e. The smallest absolute Gasteiger partial charge is 0.342 e. The normalized spacial score (nSPS) is 10.3. The molecule has 1 aromatic carbocycles. The van der Waals surface area contributed by atoms with Gasteiger partial charge in [0, 0.05) is 18.7 Å². The molecule has 1 aromatic heterocycles. The van der Waals surface area contributed by atoms with Gasteiger partial charge < -0.3 is 9.47 Å². The van der Waals surface area contributed by atoms with Crippen LogP contribution in [0.4, 0.5) is 5.69 Å². The molecule has 10 nitrogen and oxygen atoms in total. The van der Waals surface area contributed by atoms with Crippen LogP contribution in [0.1, 0.15) is 29.5 Å². The summed E-state index contributed by atoms with van der Waals surface area (Å²) in [6.45, 7) is 2.42. The number of hydrogen-bond donors (Lipinski definition) is 0. The minimum Gasteiger partial charge on any atom is -0.496 e. The van der Waals surface area contributed by atoms with Gasteiger partial charge in [-0.3, -0.25) is 10.1 Å². The van der Waals surface area contributed by atoms with Gasteiger partial charge in [-0.05, 0) is 22.9 Å². The van der Waals surface area contributed by atoms with Gasteiger partial charge in [-0.15, -0.1) is 5.10 Å². The summed E-state index contributed by atoms with van der Waals surface area (Å²) in [6.07, 6.45) is 0.824. The molecule has 23 heavy (non-hydrogen) atoms. The molecule has 0 N–H and O–H groups in total. The summed E-state index contributed by atoms with van der Waals surface area (Å²) in [5.41, 5.74) is -0.259. The number of tetrazole rings is 1. The van der Waals surface area contributed by atoms with Crippen molar-refractivity contribution in [2.45, 2.75) is 26.5 Å². The van der Waals surface area contributed by atoms with Gasteiger partial charge in [0.2, 0.25) is 0 Å². The van der Waals surface area contributed by atoms with Crippen LogP contribution in [0, 0.1) is 10.1 Å². The number of rotatable bonds is 7. The van der Waals surface area contributed by atoms with Crippen molar-refractivity contribution in [3.05, 3.63) is 39.7 Å². The van der Waals surface area contributed by atoms with Gasteiger partial charge in [-0.25, -0.2) is 9.48 Å². The van der Waals surface area contributed by atoms with Crippen LogP contribution in [0.5, 0.6) is 5.75 Å². The number of carbonyl (C=O) groups excluding carboxylic acids is 1. The first-order valence-corrected chi connectivity index (χ1v) is 6.81. The number of nitrogens with zero attached hydrogens (tertiary/aromatic N) is 5. The molecule has 2 aromatic rings. The van der Waals surface area contributed by atoms with E-state index in [4.69, 9.17) is 9.47 Å². The lowest BCUT2D eigenvalue weighted by molar-refractivity contribution is -0.384. The number of esters is 1. The molecule has 0 spiro atoms. The van der Waals surface area contributed by atoms with Crippen LogP contribution in [-0.4, -0.2) is 38.2 Å². The molecule has 2 rings (SSSR count). The van der Waals surface area contributed by atoms with Crippen molar-refractivity contribution in [2.75, 3.05) is 7.11 Å². The van der Waals surface area contributed by atoms with E-state index in [9.17, 15) is 14.9 Å². The second-order valence-corrected chi connectivity index (χ2v) is 4.54. The van der Waals surface area contributed by atoms with Gasteiger partial charge in [0.05, 0.1) is 12.0 Å². The predicted molar refractivity (Wildman–Crippen MR) is 76.9 cm³/mol. The summed E-state index contributed by atoms with van der Waals surface area (Å²) >= 11 is 0. The Morgan fingerprint density at radius 2 is 2.22 bits per heavy atom. The van der Waals surface area contributed by atoms with E-state index in [1.54, 1.807) is 0 Å². The topological polar surface area (TPSA) is 122 Å². The second-order valence-electron chi connectivity index (χ2n) is 4.54. The molecule has 0 aliphatic heterocycles. The Bertz CT molecular complexity index is 715. The van der Waals surface area contributed by atoms with Gasteiger partial charge in [0.25, 0.3) is 5.69 Å². The number of aryl methyl sites for hydroxylation is 1. The maximum absolute atomic E-state index is 12.2. The molecule has 10 heteroatoms. The first kappa shape index (κ1) is 16.3. The van der Waals surface area contributed by atoms with E-state index < -0.39 is 10.9 Å². The number of non-ortho nitro benzene ring substituents is 1. The number of aromatic nitrogens is 4. The lowest BCUT2D eigenvalue weighted by atomic mass is 10.2. The molecular weight excluding hydrogens is 306 g/mol. The van der Waals surface area contributed by atoms with E-state index in [-0.39, 0.29) is 23.6 Å². The number of ether oxygens (including phenoxy) is 2. The molecule has 0 fully saturated rings. The van der Waals surface area contributed by atoms with Crippen molar-refractivity contribution < 1.29 is 19.2 Å². The van der Waals surface area contributed by atoms with Crippen molar-refractivity contribution in [3.63, 3.8) is 0 Å². The summed E-state index contributed by atoms with van der Waals surface area (Å²) < 4.78 is 11.7. The molecule has 0 saturated heterocycles. The number of hydrogen-bond acceptors (Lipinski definition) is 8. The van der Waals surface area contributed by atoms with Crippen LogP contribution in [0.15, 0.2) is 18.2 Å². The molecule has 0 bridgehead atoms. The van der Waals surface area contributed by atoms with E-state index in [0.29, 0.717) is 12.4 Å². The number of methoxy groups -OCH3 is 1. The summed E-state index contributed by atoms with van der Waals surface area (Å²) in [7, 11) is 1.36. The maximum Gasteiger partial charge on any atom is 0.342 e. The Morgan fingerprint density at radius 1 is 1.43 bits per heavy atom. The zero-order valence-corrected chi connectivity index (χ0v) is 12.6. The van der Waals surface area contributed by atoms with Crippen LogP contribution in [0.2, 0.25) is 0 Å². The van der Waals surface area contributed by atoms with Crippen LogP contribution >= 0.6 is 0 Å². The number of nitro benzene ring substituents is 1. The lowest BCUT2D eigenvalue weighted by Gasteiger charge is -2.08. The summed E-state index contributed by atoms with van der Waals surface area (Å²) in [5.74, 6) is -0.171. The number of nitro groups is 1. The van der Waals surface area contributed by atoms with Gasteiger partial charge in [0.1, 0.15) is 11.3 Å². The highest BCUT2D eigenvalue weighted by atomic mass is 16.6. The van der Waals surface area contributed by atoms with Crippen molar-refractivity contribution in [3.8, 4) is 5.75 Å². The third kappa shape index (κ3) is 3.78. The molecule has 122 valence electrons. The molecule has 0 radical (unpaired) electrons. The minimum absolute atomic E-state index is 0.0313. The molecule has 0 saturated carbocycles. The first-order chi connectivity index (χ1) is 11.1. The highest BCUT2D eigenvalue weighted by Crippen LogP contribution is 2.24. The fourth-order valence-corrected chi connectivity index (χ4v) is 1.89. The monoisotopic (exact) mass is 321 g/mol. The van der Waals surface area contributed by atoms with Crippen LogP contribution in [0.25, 0.3) is 0 Å². The quantitative estimate of drug-likeness (QED) is 0.425. The van der Waals surface area contributed by atoms with Crippen LogP contribution in [0.3, 0.4) is 0 Å². The Labute approximate surface area is 131 Å². The van der Waals surface area contributed by atoms with E-state index in [1.165, 1.54) is 23.9 Å². The van der Waals surface area contributed by atoms with E-state index in [2.05, 4.69) is 15.5 Å². The highest BCUT2D eigenvalue weighted by molar-refractivity contribution is 5.93. The van der Waals surface area contributed by atoms with Crippen LogP contribution in [-0.2, 0) is 17.9 Å². The van der Waals surface area contributed by atoms with E-state index >= 15 is 0 Å². The average molecular weight is 321 g/mol. The summed E-state index contributed by atoms with van der Waals surface area (Å²) in [4.78, 5) is 22.4. The Kier molecular flexibility index (Phi) is 5.18. The van der Waals surface area contributed by atoms with E-state index in [1.807, 2.05) is 6.92 Å². The van der Waals surface area contributed by atoms with E-state index in [0.717, 1.165) is 12.5 Å².